The van der Waals surface area contributed by atoms with Crippen LogP contribution in [0.3, 0.4) is 0 Å². The molecule has 4 heterocycles. The smallest absolute Gasteiger partial charge is 0.308 e. The van der Waals surface area contributed by atoms with Crippen LogP contribution in [0.4, 0.5) is 52.7 Å². The number of rotatable bonds is 8. The summed E-state index contributed by atoms with van der Waals surface area (Å²) in [6.07, 6.45) is -20.6. The van der Waals surface area contributed by atoms with Gasteiger partial charge in [-0.15, -0.1) is 0 Å². The number of alkyl halides is 12. The lowest BCUT2D eigenvalue weighted by Crippen LogP contribution is -2.12. The number of hydrogen-bond donors (Lipinski definition) is 0. The van der Waals surface area contributed by atoms with E-state index in [4.69, 9.17) is 0 Å². The third kappa shape index (κ3) is 10.6. The van der Waals surface area contributed by atoms with E-state index in [9.17, 15) is 10.5 Å². The lowest BCUT2D eigenvalue weighted by molar-refractivity contribution is -0.144. The summed E-state index contributed by atoms with van der Waals surface area (Å²) in [6.45, 7) is 9.39. The van der Waals surface area contributed by atoms with E-state index in [-0.39, 0.29) is 63.6 Å². The van der Waals surface area contributed by atoms with Crippen LogP contribution in [0.25, 0.3) is 132 Å². The Bertz CT molecular complexity index is 6260. The number of aryl methyl sites for hydroxylation is 5. The Morgan fingerprint density at radius 2 is 0.608 bits per heavy atom. The number of nitriles is 2. The summed E-state index contributed by atoms with van der Waals surface area (Å²) in [6, 6.07) is 60.3. The third-order valence-corrected chi connectivity index (χ3v) is 19.6. The Balaban J connectivity index is 0.922. The average molecular weight is 1370 g/mol. The van der Waals surface area contributed by atoms with E-state index in [2.05, 4.69) is 12.1 Å². The summed E-state index contributed by atoms with van der Waals surface area (Å²) in [5, 5.41) is 27.7. The fraction of sp³-hybridized carbons (Fsp3) is 0.119. The first-order valence-corrected chi connectivity index (χ1v) is 32.4. The van der Waals surface area contributed by atoms with Gasteiger partial charge in [0.25, 0.3) is 0 Å². The number of hydrogen-bond acceptors (Lipinski definition) is 2. The van der Waals surface area contributed by atoms with Gasteiger partial charge < -0.3 is 18.3 Å². The van der Waals surface area contributed by atoms with Crippen molar-refractivity contribution in [1.82, 2.24) is 18.3 Å². The van der Waals surface area contributed by atoms with Crippen molar-refractivity contribution in [2.24, 2.45) is 0 Å². The Hall–Kier alpha value is -12.0. The maximum atomic E-state index is 15.2. The number of aromatic nitrogens is 4. The molecule has 12 aromatic carbocycles. The second kappa shape index (κ2) is 23.0. The highest BCUT2D eigenvalue weighted by molar-refractivity contribution is 6.15. The minimum atomic E-state index is -5.22. The van der Waals surface area contributed by atoms with Crippen LogP contribution in [-0.4, -0.2) is 18.3 Å². The molecule has 16 aromatic rings. The molecule has 502 valence electrons. The molecule has 0 spiro atoms. The predicted molar refractivity (Wildman–Crippen MR) is 377 cm³/mol. The maximum Gasteiger partial charge on any atom is 0.416 e. The quantitative estimate of drug-likeness (QED) is 0.142. The summed E-state index contributed by atoms with van der Waals surface area (Å²) >= 11 is 0. The molecule has 6 nitrogen and oxygen atoms in total. The van der Waals surface area contributed by atoms with Crippen LogP contribution >= 0.6 is 0 Å². The molecule has 102 heavy (non-hydrogen) atoms. The topological polar surface area (TPSA) is 67.3 Å². The monoisotopic (exact) mass is 1370 g/mol. The van der Waals surface area contributed by atoms with Gasteiger partial charge in [-0.1, -0.05) is 90.5 Å². The van der Waals surface area contributed by atoms with Gasteiger partial charge in [-0.3, -0.25) is 0 Å². The van der Waals surface area contributed by atoms with E-state index in [1.54, 1.807) is 38.0 Å². The third-order valence-electron chi connectivity index (χ3n) is 19.6. The zero-order chi connectivity index (χ0) is 71.5. The normalized spacial score (nSPS) is 12.6. The van der Waals surface area contributed by atoms with Crippen molar-refractivity contribution in [2.75, 3.05) is 0 Å². The molecular weight excluding hydrogens is 1320 g/mol. The molecule has 0 fully saturated rings. The van der Waals surface area contributed by atoms with Gasteiger partial charge in [-0.05, 0) is 213 Å². The standard InChI is InChI=1S/C84H52F12N6/c1-44-17-22-69-64(24-44)59-10-6-8-12-67(59)99(69)75-31-50(42-97)32-76(79(75)53-35-55(81(85,86)87)40-56(36-53)82(88,89)90)100-68-13-9-7-11-60(68)65-30-49(18-23-70(65)100)29-52-39-66-63-21-16-47(4)27-73(63)102(74(66)28-48(52)5)78-34-51(43-98)33-77(80(78)54-37-57(83(91,92)93)41-58(38-54)84(94,95)96)101-71-25-45(2)14-19-61(71)62-20-15-46(3)26-72(62)101/h6-28,30-41H,29H2,1-5H3. The van der Waals surface area contributed by atoms with Gasteiger partial charge in [0.1, 0.15) is 0 Å². The Kier molecular flexibility index (Phi) is 14.6. The lowest BCUT2D eigenvalue weighted by Gasteiger charge is -2.23. The first kappa shape index (κ1) is 64.6. The fourth-order valence-electron chi connectivity index (χ4n) is 15.1. The van der Waals surface area contributed by atoms with Crippen LogP contribution in [0.15, 0.2) is 212 Å². The summed E-state index contributed by atoms with van der Waals surface area (Å²) in [4.78, 5) is 0. The molecule has 0 aliphatic rings. The average Bonchev–Trinajstić information content (AvgIpc) is 1.50. The van der Waals surface area contributed by atoms with Crippen molar-refractivity contribution in [2.45, 2.75) is 65.7 Å². The van der Waals surface area contributed by atoms with Crippen LogP contribution in [0.2, 0.25) is 0 Å². The van der Waals surface area contributed by atoms with Crippen LogP contribution in [0.1, 0.15) is 72.3 Å². The zero-order valence-electron chi connectivity index (χ0n) is 54.6. The molecule has 0 bridgehead atoms. The molecular formula is C84H52F12N6. The predicted octanol–water partition coefficient (Wildman–Crippen LogP) is 24.4. The molecule has 0 saturated heterocycles. The van der Waals surface area contributed by atoms with E-state index in [1.165, 1.54) is 24.3 Å². The molecule has 0 unspecified atom stereocenters. The molecule has 0 radical (unpaired) electrons. The van der Waals surface area contributed by atoms with Gasteiger partial charge in [-0.25, -0.2) is 0 Å². The van der Waals surface area contributed by atoms with Crippen LogP contribution in [0, 0.1) is 57.3 Å². The van der Waals surface area contributed by atoms with Crippen LogP contribution in [-0.2, 0) is 31.1 Å². The van der Waals surface area contributed by atoms with Crippen molar-refractivity contribution in [3.63, 3.8) is 0 Å². The number of fused-ring (bicyclic) bond motifs is 12. The molecule has 16 rings (SSSR count). The largest absolute Gasteiger partial charge is 0.416 e. The zero-order valence-corrected chi connectivity index (χ0v) is 54.6. The van der Waals surface area contributed by atoms with Crippen LogP contribution in [0.5, 0.6) is 0 Å². The first-order valence-electron chi connectivity index (χ1n) is 32.4. The van der Waals surface area contributed by atoms with Gasteiger partial charge in [0.2, 0.25) is 0 Å². The molecule has 0 atom stereocenters. The molecule has 4 aromatic heterocycles. The minimum Gasteiger partial charge on any atom is -0.308 e. The Labute approximate surface area is 573 Å². The number of benzene rings is 12. The van der Waals surface area contributed by atoms with E-state index < -0.39 is 58.1 Å². The highest BCUT2D eigenvalue weighted by Crippen LogP contribution is 2.50. The van der Waals surface area contributed by atoms with E-state index in [0.29, 0.717) is 77.8 Å². The SMILES string of the molecule is Cc1ccc2c(c1)c1ccccc1n2-c1cc(C#N)cc(-n2c3ccccc3c3cc(Cc4cc5c6ccc(C)cc6n(-c6cc(C#N)cc(-n7c8cc(C)ccc8c8ccc(C)cc87)c6-c6cc(C(F)(F)F)cc(C(F)(F)F)c6)c5cc4C)ccc32)c1-c1cc(C(F)(F)F)cc(C(F)(F)F)c1. The van der Waals surface area contributed by atoms with Gasteiger partial charge in [-0.2, -0.15) is 63.2 Å². The van der Waals surface area contributed by atoms with Gasteiger partial charge in [0.05, 0.1) is 112 Å². The van der Waals surface area contributed by atoms with Crippen molar-refractivity contribution in [3.8, 4) is 57.1 Å². The van der Waals surface area contributed by atoms with Crippen molar-refractivity contribution < 1.29 is 52.7 Å². The van der Waals surface area contributed by atoms with Gasteiger partial charge >= 0.3 is 24.7 Å². The molecule has 0 N–H and O–H groups in total. The number of para-hydroxylation sites is 2. The lowest BCUT2D eigenvalue weighted by atomic mass is 9.94. The van der Waals surface area contributed by atoms with Crippen LogP contribution < -0.4 is 0 Å². The Morgan fingerprint density at radius 3 is 1.01 bits per heavy atom. The molecule has 0 aliphatic carbocycles. The van der Waals surface area contributed by atoms with E-state index in [1.807, 2.05) is 167 Å². The molecule has 0 aliphatic heterocycles. The van der Waals surface area contributed by atoms with Crippen molar-refractivity contribution >= 4 is 87.2 Å². The summed E-state index contributed by atoms with van der Waals surface area (Å²) < 4.78 is 189. The summed E-state index contributed by atoms with van der Waals surface area (Å²) in [7, 11) is 0. The minimum absolute atomic E-state index is 0.0210. The second-order valence-electron chi connectivity index (χ2n) is 26.4. The Morgan fingerprint density at radius 1 is 0.294 bits per heavy atom. The highest BCUT2D eigenvalue weighted by atomic mass is 19.4. The maximum absolute atomic E-state index is 15.2. The molecule has 18 heteroatoms. The summed E-state index contributed by atoms with van der Waals surface area (Å²) in [5.74, 6) is 0. The molecule has 0 amide bonds. The van der Waals surface area contributed by atoms with E-state index >= 15 is 52.7 Å². The highest BCUT2D eigenvalue weighted by Gasteiger charge is 2.40. The van der Waals surface area contributed by atoms with Crippen molar-refractivity contribution in [1.29, 1.82) is 10.5 Å². The van der Waals surface area contributed by atoms with Crippen molar-refractivity contribution in [3.05, 3.63) is 285 Å². The number of nitrogens with zero attached hydrogens (tertiary/aromatic N) is 6. The summed E-state index contributed by atoms with van der Waals surface area (Å²) in [5.41, 5.74) is 3.68. The fourth-order valence-corrected chi connectivity index (χ4v) is 15.1. The first-order chi connectivity index (χ1) is 48.5. The van der Waals surface area contributed by atoms with E-state index in [0.717, 1.165) is 72.6 Å². The van der Waals surface area contributed by atoms with Gasteiger partial charge in [0.15, 0.2) is 0 Å². The number of halogens is 12. The second-order valence-corrected chi connectivity index (χ2v) is 26.4. The van der Waals surface area contributed by atoms with Gasteiger partial charge in [0, 0.05) is 54.2 Å². The molecule has 0 saturated carbocycles.